The molecule has 2 aromatic heterocycles. The summed E-state index contributed by atoms with van der Waals surface area (Å²) in [6, 6.07) is 25.6. The molecule has 3 aromatic carbocycles. The first-order valence-corrected chi connectivity index (χ1v) is 19.4. The fourth-order valence-corrected chi connectivity index (χ4v) is 7.77. The number of aromatic nitrogens is 2. The molecule has 0 saturated heterocycles. The van der Waals surface area contributed by atoms with Crippen molar-refractivity contribution in [1.82, 2.24) is 9.97 Å². The topological polar surface area (TPSA) is 38.9 Å². The Hall–Kier alpha value is -4.93. The highest BCUT2D eigenvalue weighted by Crippen LogP contribution is 2.38. The molecule has 0 saturated carbocycles. The van der Waals surface area contributed by atoms with E-state index in [-0.39, 0.29) is 5.92 Å². The molecule has 3 nitrogen and oxygen atoms in total. The van der Waals surface area contributed by atoms with Crippen molar-refractivity contribution >= 4 is 39.4 Å². The average molecular weight is 689 g/mol. The molecule has 0 radical (unpaired) electrons. The molecule has 2 aliphatic rings. The Balaban J connectivity index is 0.00000220. The lowest BCUT2D eigenvalue weighted by atomic mass is 9.91. The first-order valence-electron chi connectivity index (χ1n) is 18.4. The van der Waals surface area contributed by atoms with Crippen molar-refractivity contribution in [2.24, 2.45) is 5.92 Å². The van der Waals surface area contributed by atoms with Gasteiger partial charge < -0.3 is 4.42 Å². The average Bonchev–Trinajstić information content (AvgIpc) is 3.34. The highest BCUT2D eigenvalue weighted by atomic mass is 32.2. The zero-order valence-electron chi connectivity index (χ0n) is 30.4. The maximum absolute atomic E-state index is 6.41. The fourth-order valence-electron chi connectivity index (χ4n) is 6.69. The molecule has 2 unspecified atom stereocenters. The molecule has 51 heavy (non-hydrogen) atoms. The molecule has 0 fully saturated rings. The Bertz CT molecular complexity index is 2160. The molecule has 4 heteroatoms. The van der Waals surface area contributed by atoms with E-state index >= 15 is 0 Å². The van der Waals surface area contributed by atoms with Crippen LogP contribution in [0.2, 0.25) is 0 Å². The van der Waals surface area contributed by atoms with Gasteiger partial charge in [0.2, 0.25) is 0 Å². The van der Waals surface area contributed by atoms with Gasteiger partial charge in [-0.25, -0.2) is 9.97 Å². The van der Waals surface area contributed by atoms with Gasteiger partial charge in [0, 0.05) is 16.2 Å². The van der Waals surface area contributed by atoms with Crippen LogP contribution in [-0.4, -0.2) is 15.2 Å². The molecule has 0 spiro atoms. The summed E-state index contributed by atoms with van der Waals surface area (Å²) in [6.07, 6.45) is 27.3. The number of hydrogen-bond donors (Lipinski definition) is 0. The zero-order chi connectivity index (χ0) is 35.6. The number of para-hydroxylation sites is 1. The highest BCUT2D eigenvalue weighted by molar-refractivity contribution is 8.03. The molecule has 5 aromatic rings. The lowest BCUT2D eigenvalue weighted by molar-refractivity contribution is 0.554. The first kappa shape index (κ1) is 35.9. The summed E-state index contributed by atoms with van der Waals surface area (Å²) in [7, 11) is 0. The van der Waals surface area contributed by atoms with Crippen molar-refractivity contribution in [3.05, 3.63) is 162 Å². The van der Waals surface area contributed by atoms with E-state index in [1.54, 1.807) is 0 Å². The third kappa shape index (κ3) is 8.18. The monoisotopic (exact) mass is 688 g/mol. The predicted octanol–water partition coefficient (Wildman–Crippen LogP) is 13.8. The van der Waals surface area contributed by atoms with E-state index in [0.29, 0.717) is 16.8 Å². The SMILES string of the molecule is CC.CC/C=C\C1CC(CC)/C(C)=C/C=C\C(c2ccccc2-c2ccc(-c3nc(C4C=CC=CC=C4)nc4c3oc3ccccc34)cc2)=C\S1. The quantitative estimate of drug-likeness (QED) is 0.160. The number of furan rings is 1. The van der Waals surface area contributed by atoms with Crippen molar-refractivity contribution in [2.45, 2.75) is 65.0 Å². The molecule has 2 atom stereocenters. The molecule has 258 valence electrons. The summed E-state index contributed by atoms with van der Waals surface area (Å²) in [5.41, 5.74) is 10.4. The number of nitrogens with zero attached hydrogens (tertiary/aromatic N) is 2. The van der Waals surface area contributed by atoms with Crippen LogP contribution in [0, 0.1) is 5.92 Å². The summed E-state index contributed by atoms with van der Waals surface area (Å²) in [5, 5.41) is 3.80. The second-order valence-electron chi connectivity index (χ2n) is 12.7. The van der Waals surface area contributed by atoms with Crippen molar-refractivity contribution in [3.8, 4) is 22.4 Å². The molecule has 0 N–H and O–H groups in total. The predicted molar refractivity (Wildman–Crippen MR) is 222 cm³/mol. The smallest absolute Gasteiger partial charge is 0.180 e. The number of rotatable bonds is 7. The van der Waals surface area contributed by atoms with Crippen LogP contribution in [-0.2, 0) is 0 Å². The number of hydrogen-bond acceptors (Lipinski definition) is 4. The van der Waals surface area contributed by atoms with Gasteiger partial charge in [0.1, 0.15) is 22.6 Å². The van der Waals surface area contributed by atoms with E-state index in [0.717, 1.165) is 58.4 Å². The molecule has 0 bridgehead atoms. The van der Waals surface area contributed by atoms with Crippen molar-refractivity contribution in [3.63, 3.8) is 0 Å². The van der Waals surface area contributed by atoms with Crippen LogP contribution >= 0.6 is 11.8 Å². The van der Waals surface area contributed by atoms with Gasteiger partial charge in [-0.3, -0.25) is 0 Å². The van der Waals surface area contributed by atoms with Gasteiger partial charge in [-0.2, -0.15) is 0 Å². The largest absolute Gasteiger partial charge is 0.452 e. The second kappa shape index (κ2) is 17.3. The lowest BCUT2D eigenvalue weighted by Crippen LogP contribution is -2.09. The minimum atomic E-state index is -0.0296. The molecule has 1 aliphatic heterocycles. The van der Waals surface area contributed by atoms with Crippen LogP contribution in [0.15, 0.2) is 155 Å². The summed E-state index contributed by atoms with van der Waals surface area (Å²) in [6.45, 7) is 10.8. The maximum Gasteiger partial charge on any atom is 0.180 e. The minimum Gasteiger partial charge on any atom is -0.452 e. The van der Waals surface area contributed by atoms with Gasteiger partial charge in [-0.15, -0.1) is 11.8 Å². The summed E-state index contributed by atoms with van der Waals surface area (Å²) < 4.78 is 6.41. The third-order valence-corrected chi connectivity index (χ3v) is 10.5. The van der Waals surface area contributed by atoms with Gasteiger partial charge in [0.05, 0.1) is 5.92 Å². The van der Waals surface area contributed by atoms with E-state index in [4.69, 9.17) is 14.4 Å². The molecule has 1 aliphatic carbocycles. The van der Waals surface area contributed by atoms with Gasteiger partial charge in [-0.05, 0) is 71.9 Å². The molecule has 0 amide bonds. The van der Waals surface area contributed by atoms with Gasteiger partial charge in [0.15, 0.2) is 5.58 Å². The normalized spacial score (nSPS) is 20.7. The number of thioether (sulfide) groups is 1. The molecular weight excluding hydrogens is 641 g/mol. The summed E-state index contributed by atoms with van der Waals surface area (Å²) >= 11 is 1.94. The van der Waals surface area contributed by atoms with E-state index < -0.39 is 0 Å². The zero-order valence-corrected chi connectivity index (χ0v) is 31.2. The van der Waals surface area contributed by atoms with E-state index in [1.165, 1.54) is 22.3 Å². The maximum atomic E-state index is 6.41. The van der Waals surface area contributed by atoms with Gasteiger partial charge in [-0.1, -0.05) is 161 Å². The Morgan fingerprint density at radius 3 is 2.25 bits per heavy atom. The van der Waals surface area contributed by atoms with Crippen molar-refractivity contribution in [2.75, 3.05) is 0 Å². The van der Waals surface area contributed by atoms with E-state index in [1.807, 2.05) is 56.0 Å². The molecule has 3 heterocycles. The summed E-state index contributed by atoms with van der Waals surface area (Å²) in [4.78, 5) is 10.2. The van der Waals surface area contributed by atoms with Crippen LogP contribution in [0.1, 0.15) is 71.2 Å². The van der Waals surface area contributed by atoms with Crippen molar-refractivity contribution in [1.29, 1.82) is 0 Å². The molecular formula is C47H48N2OS. The van der Waals surface area contributed by atoms with Crippen LogP contribution in [0.3, 0.4) is 0 Å². The van der Waals surface area contributed by atoms with Crippen LogP contribution in [0.25, 0.3) is 50.0 Å². The second-order valence-corrected chi connectivity index (χ2v) is 13.8. The number of fused-ring (bicyclic) bond motifs is 3. The fraction of sp³-hybridized carbons (Fsp3) is 0.234. The number of benzene rings is 3. The minimum absolute atomic E-state index is 0.0296. The lowest BCUT2D eigenvalue weighted by Gasteiger charge is -2.21. The van der Waals surface area contributed by atoms with Gasteiger partial charge in [0.25, 0.3) is 0 Å². The standard InChI is InChI=1S/C45H42N2OS.C2H6/c1-4-6-20-37-29-32(5-2)31(3)16-15-19-36(30-49-37)39-22-12-11-21-38(39)33-25-27-34(28-26-33)42-44-43(40-23-13-14-24-41(40)48-44)47-45(46-42)35-17-9-7-8-10-18-35;1-2/h6-28,30,32,35,37H,4-5,29H2,1-3H3;1-2H3/b19-15-,20-6-,31-16+,36-30-;. The Morgan fingerprint density at radius 2 is 1.51 bits per heavy atom. The van der Waals surface area contributed by atoms with E-state index in [2.05, 4.69) is 135 Å². The van der Waals surface area contributed by atoms with Crippen LogP contribution in [0.4, 0.5) is 0 Å². The molecule has 7 rings (SSSR count). The first-order chi connectivity index (χ1) is 25.1. The van der Waals surface area contributed by atoms with Crippen molar-refractivity contribution < 1.29 is 4.42 Å². The van der Waals surface area contributed by atoms with Crippen LogP contribution < -0.4 is 0 Å². The Morgan fingerprint density at radius 1 is 0.804 bits per heavy atom. The third-order valence-electron chi connectivity index (χ3n) is 9.46. The van der Waals surface area contributed by atoms with E-state index in [9.17, 15) is 0 Å². The Kier molecular flexibility index (Phi) is 12.2. The highest BCUT2D eigenvalue weighted by Gasteiger charge is 2.21. The number of allylic oxidation sites excluding steroid dienone is 12. The Labute approximate surface area is 308 Å². The van der Waals surface area contributed by atoms with Crippen LogP contribution in [0.5, 0.6) is 0 Å². The summed E-state index contributed by atoms with van der Waals surface area (Å²) in [5.74, 6) is 1.32. The van der Waals surface area contributed by atoms with Gasteiger partial charge >= 0.3 is 0 Å².